The molecule has 1 aliphatic heterocycles. The summed E-state index contributed by atoms with van der Waals surface area (Å²) in [6, 6.07) is 5.45. The van der Waals surface area contributed by atoms with Crippen molar-refractivity contribution >= 4 is 21.9 Å². The van der Waals surface area contributed by atoms with Gasteiger partial charge in [0.2, 0.25) is 5.79 Å². The number of aliphatic hydroxyl groups is 1. The van der Waals surface area contributed by atoms with E-state index in [1.165, 1.54) is 0 Å². The van der Waals surface area contributed by atoms with Gasteiger partial charge < -0.3 is 14.6 Å². The van der Waals surface area contributed by atoms with Gasteiger partial charge in [0.25, 0.3) is 0 Å². The van der Waals surface area contributed by atoms with E-state index in [2.05, 4.69) is 15.9 Å². The molecule has 3 rings (SSSR count). The molecule has 1 heterocycles. The molecule has 1 aromatic carbocycles. The van der Waals surface area contributed by atoms with E-state index in [0.29, 0.717) is 25.2 Å². The van der Waals surface area contributed by atoms with E-state index in [1.807, 2.05) is 12.1 Å². The van der Waals surface area contributed by atoms with Crippen LogP contribution < -0.4 is 4.74 Å². The fourth-order valence-corrected chi connectivity index (χ4v) is 3.58. The number of benzene rings is 1. The summed E-state index contributed by atoms with van der Waals surface area (Å²) in [5, 5.41) is 10.8. The van der Waals surface area contributed by atoms with Gasteiger partial charge in [-0.25, -0.2) is 0 Å². The van der Waals surface area contributed by atoms with Crippen LogP contribution in [0.3, 0.4) is 0 Å². The molecule has 0 bridgehead atoms. The highest BCUT2D eigenvalue weighted by molar-refractivity contribution is 9.10. The van der Waals surface area contributed by atoms with E-state index in [0.717, 1.165) is 16.5 Å². The van der Waals surface area contributed by atoms with Crippen LogP contribution in [0.4, 0.5) is 0 Å². The van der Waals surface area contributed by atoms with Crippen molar-refractivity contribution in [2.45, 2.75) is 37.4 Å². The van der Waals surface area contributed by atoms with Crippen LogP contribution in [0.5, 0.6) is 5.75 Å². The quantitative estimate of drug-likeness (QED) is 0.848. The van der Waals surface area contributed by atoms with Crippen molar-refractivity contribution in [1.29, 1.82) is 0 Å². The second kappa shape index (κ2) is 4.21. The minimum absolute atomic E-state index is 0.292. The summed E-state index contributed by atoms with van der Waals surface area (Å²) >= 11 is 3.40. The molecule has 1 aromatic rings. The van der Waals surface area contributed by atoms with Crippen LogP contribution >= 0.6 is 15.9 Å². The molecule has 0 radical (unpaired) electrons. The fourth-order valence-electron chi connectivity index (χ4n) is 3.22. The third-order valence-electron chi connectivity index (χ3n) is 4.04. The Balaban J connectivity index is 2.18. The minimum Gasteiger partial charge on any atom is -0.465 e. The zero-order chi connectivity index (χ0) is 13.7. The average molecular weight is 327 g/mol. The van der Waals surface area contributed by atoms with Gasteiger partial charge in [-0.15, -0.1) is 0 Å². The lowest BCUT2D eigenvalue weighted by Gasteiger charge is -2.32. The second-order valence-electron chi connectivity index (χ2n) is 5.01. The van der Waals surface area contributed by atoms with Crippen molar-refractivity contribution < 1.29 is 19.4 Å². The van der Waals surface area contributed by atoms with E-state index in [9.17, 15) is 9.90 Å². The summed E-state index contributed by atoms with van der Waals surface area (Å²) in [6.07, 6.45) is 1.73. The molecule has 0 aromatic heterocycles. The lowest BCUT2D eigenvalue weighted by atomic mass is 9.76. The first-order valence-electron chi connectivity index (χ1n) is 6.42. The van der Waals surface area contributed by atoms with E-state index >= 15 is 0 Å². The topological polar surface area (TPSA) is 55.8 Å². The van der Waals surface area contributed by atoms with Gasteiger partial charge in [-0.3, -0.25) is 4.79 Å². The number of carbonyl (C=O) groups excluding carboxylic acids is 1. The Labute approximate surface area is 119 Å². The number of esters is 1. The van der Waals surface area contributed by atoms with Crippen molar-refractivity contribution in [3.8, 4) is 5.75 Å². The summed E-state index contributed by atoms with van der Waals surface area (Å²) in [7, 11) is 0. The number of carbonyl (C=O) groups is 1. The molecular formula is C14H15BrO4. The lowest BCUT2D eigenvalue weighted by Crippen LogP contribution is -2.53. The maximum absolute atomic E-state index is 12.5. The largest absolute Gasteiger partial charge is 0.465 e. The maximum Gasteiger partial charge on any atom is 0.323 e. The molecule has 0 saturated heterocycles. The smallest absolute Gasteiger partial charge is 0.323 e. The van der Waals surface area contributed by atoms with Crippen molar-refractivity contribution in [3.63, 3.8) is 0 Å². The first-order valence-corrected chi connectivity index (χ1v) is 7.21. The van der Waals surface area contributed by atoms with Gasteiger partial charge in [-0.05, 0) is 38.0 Å². The number of halogens is 1. The van der Waals surface area contributed by atoms with Crippen LogP contribution in [0, 0.1) is 0 Å². The van der Waals surface area contributed by atoms with Gasteiger partial charge in [0.1, 0.15) is 5.75 Å². The SMILES string of the molecule is CCOC(=O)[C@]12CCC[C@@]1(O)Oc1ccc(Br)cc12. The summed E-state index contributed by atoms with van der Waals surface area (Å²) in [5.74, 6) is -1.30. The molecule has 102 valence electrons. The number of hydrogen-bond acceptors (Lipinski definition) is 4. The van der Waals surface area contributed by atoms with Gasteiger partial charge in [0.05, 0.1) is 6.61 Å². The van der Waals surface area contributed by atoms with Crippen LogP contribution in [0.25, 0.3) is 0 Å². The second-order valence-corrected chi connectivity index (χ2v) is 5.92. The average Bonchev–Trinajstić information content (AvgIpc) is 2.80. The molecule has 19 heavy (non-hydrogen) atoms. The Morgan fingerprint density at radius 1 is 1.53 bits per heavy atom. The number of rotatable bonds is 2. The fraction of sp³-hybridized carbons (Fsp3) is 0.500. The van der Waals surface area contributed by atoms with Crippen molar-refractivity contribution in [3.05, 3.63) is 28.2 Å². The molecule has 2 atom stereocenters. The maximum atomic E-state index is 12.5. The zero-order valence-corrected chi connectivity index (χ0v) is 12.2. The van der Waals surface area contributed by atoms with Gasteiger partial charge in [0, 0.05) is 16.5 Å². The normalized spacial score (nSPS) is 31.5. The molecule has 2 aliphatic rings. The molecule has 0 unspecified atom stereocenters. The van der Waals surface area contributed by atoms with Crippen LogP contribution in [0.1, 0.15) is 31.7 Å². The Morgan fingerprint density at radius 3 is 3.05 bits per heavy atom. The third-order valence-corrected chi connectivity index (χ3v) is 4.53. The predicted octanol–water partition coefficient (Wildman–Crippen LogP) is 2.51. The summed E-state index contributed by atoms with van der Waals surface area (Å²) in [4.78, 5) is 12.5. The Kier molecular flexibility index (Phi) is 2.87. The lowest BCUT2D eigenvalue weighted by molar-refractivity contribution is -0.187. The highest BCUT2D eigenvalue weighted by Gasteiger charge is 2.68. The first-order chi connectivity index (χ1) is 9.03. The van der Waals surface area contributed by atoms with E-state index in [1.54, 1.807) is 13.0 Å². The van der Waals surface area contributed by atoms with Gasteiger partial charge >= 0.3 is 5.97 Å². The highest BCUT2D eigenvalue weighted by Crippen LogP contribution is 2.58. The highest BCUT2D eigenvalue weighted by atomic mass is 79.9. The predicted molar refractivity (Wildman–Crippen MR) is 71.9 cm³/mol. The molecule has 4 nitrogen and oxygen atoms in total. The van der Waals surface area contributed by atoms with Crippen LogP contribution in [0.15, 0.2) is 22.7 Å². The summed E-state index contributed by atoms with van der Waals surface area (Å²) < 4.78 is 11.7. The van der Waals surface area contributed by atoms with Crippen LogP contribution in [-0.4, -0.2) is 23.5 Å². The number of fused-ring (bicyclic) bond motifs is 3. The van der Waals surface area contributed by atoms with E-state index in [4.69, 9.17) is 9.47 Å². The molecule has 1 N–H and O–H groups in total. The van der Waals surface area contributed by atoms with Crippen LogP contribution in [0.2, 0.25) is 0 Å². The third kappa shape index (κ3) is 1.58. The zero-order valence-electron chi connectivity index (χ0n) is 10.6. The van der Waals surface area contributed by atoms with Crippen molar-refractivity contribution in [2.24, 2.45) is 0 Å². The Morgan fingerprint density at radius 2 is 2.32 bits per heavy atom. The Bertz CT molecular complexity index is 544. The van der Waals surface area contributed by atoms with E-state index < -0.39 is 17.2 Å². The molecule has 1 fully saturated rings. The molecular weight excluding hydrogens is 312 g/mol. The van der Waals surface area contributed by atoms with Gasteiger partial charge in [-0.1, -0.05) is 15.9 Å². The van der Waals surface area contributed by atoms with Crippen molar-refractivity contribution in [1.82, 2.24) is 0 Å². The summed E-state index contributed by atoms with van der Waals surface area (Å²) in [5.41, 5.74) is -0.359. The molecule has 1 saturated carbocycles. The molecule has 5 heteroatoms. The van der Waals surface area contributed by atoms with Crippen LogP contribution in [-0.2, 0) is 14.9 Å². The number of ether oxygens (including phenoxy) is 2. The monoisotopic (exact) mass is 326 g/mol. The van der Waals surface area contributed by atoms with Crippen molar-refractivity contribution in [2.75, 3.05) is 6.61 Å². The van der Waals surface area contributed by atoms with Gasteiger partial charge in [0.15, 0.2) is 5.41 Å². The molecule has 0 amide bonds. The van der Waals surface area contributed by atoms with E-state index in [-0.39, 0.29) is 0 Å². The summed E-state index contributed by atoms with van der Waals surface area (Å²) in [6.45, 7) is 2.06. The Hall–Kier alpha value is -1.07. The number of hydrogen-bond donors (Lipinski definition) is 1. The van der Waals surface area contributed by atoms with Gasteiger partial charge in [-0.2, -0.15) is 0 Å². The standard InChI is InChI=1S/C14H15BrO4/c1-2-18-12(16)13-6-3-7-14(13,17)19-11-5-4-9(15)8-10(11)13/h4-5,8,17H,2-3,6-7H2,1H3/t13-,14-/m1/s1. The molecule has 1 aliphatic carbocycles. The minimum atomic E-state index is -1.47. The molecule has 0 spiro atoms. The first kappa shape index (κ1) is 12.9.